The van der Waals surface area contributed by atoms with Crippen LogP contribution in [0.5, 0.6) is 0 Å². The minimum atomic E-state index is -3.67. The lowest BCUT2D eigenvalue weighted by Gasteiger charge is -2.14. The van der Waals surface area contributed by atoms with E-state index < -0.39 is 20.5 Å². The van der Waals surface area contributed by atoms with Crippen molar-refractivity contribution in [2.45, 2.75) is 24.7 Å². The van der Waals surface area contributed by atoms with E-state index in [1.165, 1.54) is 18.2 Å². The molecular formula is C18H21FN2O3S. The fourth-order valence-electron chi connectivity index (χ4n) is 2.42. The van der Waals surface area contributed by atoms with Gasteiger partial charge in [-0.15, -0.1) is 0 Å². The van der Waals surface area contributed by atoms with Crippen molar-refractivity contribution in [1.29, 1.82) is 0 Å². The highest BCUT2D eigenvalue weighted by atomic mass is 32.2. The van der Waals surface area contributed by atoms with Crippen LogP contribution in [0.4, 0.5) is 15.8 Å². The first-order chi connectivity index (χ1) is 11.7. The molecule has 2 N–H and O–H groups in total. The highest BCUT2D eigenvalue weighted by Crippen LogP contribution is 2.24. The predicted molar refractivity (Wildman–Crippen MR) is 97.2 cm³/mol. The van der Waals surface area contributed by atoms with Gasteiger partial charge in [-0.05, 0) is 29.7 Å². The lowest BCUT2D eigenvalue weighted by Crippen LogP contribution is -2.23. The van der Waals surface area contributed by atoms with Crippen LogP contribution in [0.2, 0.25) is 0 Å². The van der Waals surface area contributed by atoms with Crippen molar-refractivity contribution < 1.29 is 17.6 Å². The highest BCUT2D eigenvalue weighted by molar-refractivity contribution is 7.90. The molecule has 0 fully saturated rings. The van der Waals surface area contributed by atoms with Gasteiger partial charge in [-0.2, -0.15) is 0 Å². The van der Waals surface area contributed by atoms with Crippen LogP contribution >= 0.6 is 0 Å². The lowest BCUT2D eigenvalue weighted by molar-refractivity contribution is -0.114. The largest absolute Gasteiger partial charge is 0.374 e. The summed E-state index contributed by atoms with van der Waals surface area (Å²) in [4.78, 5) is 11.7. The number of hydrogen-bond donors (Lipinski definition) is 2. The van der Waals surface area contributed by atoms with Crippen LogP contribution in [0, 0.1) is 5.82 Å². The number of carbonyl (C=O) groups excluding carboxylic acids is 1. The Balaban J connectivity index is 2.09. The molecule has 2 rings (SSSR count). The number of anilines is 2. The molecule has 2 aromatic rings. The number of nitrogens with one attached hydrogen (secondary N) is 2. The van der Waals surface area contributed by atoms with E-state index in [9.17, 15) is 17.6 Å². The fraction of sp³-hybridized carbons (Fsp3) is 0.278. The second kappa shape index (κ2) is 7.65. The molecule has 5 nitrogen and oxygen atoms in total. The molecule has 0 atom stereocenters. The van der Waals surface area contributed by atoms with Gasteiger partial charge in [0, 0.05) is 11.9 Å². The summed E-state index contributed by atoms with van der Waals surface area (Å²) in [6.07, 6.45) is 0.935. The maximum atomic E-state index is 14.2. The number of hydrogen-bond acceptors (Lipinski definition) is 4. The second-order valence-electron chi connectivity index (χ2n) is 6.03. The van der Waals surface area contributed by atoms with Crippen LogP contribution < -0.4 is 10.6 Å². The zero-order chi connectivity index (χ0) is 18.6. The number of halogens is 1. The summed E-state index contributed by atoms with van der Waals surface area (Å²) in [5.74, 6) is -0.994. The zero-order valence-corrected chi connectivity index (χ0v) is 15.2. The van der Waals surface area contributed by atoms with Gasteiger partial charge < -0.3 is 10.6 Å². The van der Waals surface area contributed by atoms with E-state index >= 15 is 0 Å². The highest BCUT2D eigenvalue weighted by Gasteiger charge is 2.17. The van der Waals surface area contributed by atoms with Crippen molar-refractivity contribution in [2.75, 3.05) is 23.4 Å². The summed E-state index contributed by atoms with van der Waals surface area (Å²) in [7, 11) is -3.67. The van der Waals surface area contributed by atoms with Crippen molar-refractivity contribution in [3.8, 4) is 0 Å². The van der Waals surface area contributed by atoms with Crippen molar-refractivity contribution in [3.05, 3.63) is 53.8 Å². The maximum absolute atomic E-state index is 14.2. The molecule has 25 heavy (non-hydrogen) atoms. The monoisotopic (exact) mass is 364 g/mol. The van der Waals surface area contributed by atoms with Crippen LogP contribution in [-0.4, -0.2) is 27.1 Å². The SMILES string of the molecule is CC(C)c1ccccc1NC(=O)CNc1cccc(S(C)(=O)=O)c1F. The smallest absolute Gasteiger partial charge is 0.243 e. The minimum Gasteiger partial charge on any atom is -0.374 e. The Labute approximate surface area is 147 Å². The molecule has 0 aromatic heterocycles. The van der Waals surface area contributed by atoms with E-state index in [1.807, 2.05) is 32.0 Å². The first-order valence-corrected chi connectivity index (χ1v) is 9.70. The Bertz CT molecular complexity index is 880. The van der Waals surface area contributed by atoms with E-state index in [0.717, 1.165) is 11.8 Å². The molecule has 0 radical (unpaired) electrons. The van der Waals surface area contributed by atoms with Gasteiger partial charge in [0.1, 0.15) is 4.90 Å². The molecule has 2 aromatic carbocycles. The standard InChI is InChI=1S/C18H21FN2O3S/c1-12(2)13-7-4-5-8-14(13)21-17(22)11-20-15-9-6-10-16(18(15)19)25(3,23)24/h4-10,12,20H,11H2,1-3H3,(H,21,22). The first-order valence-electron chi connectivity index (χ1n) is 7.81. The van der Waals surface area contributed by atoms with Crippen molar-refractivity contribution >= 4 is 27.1 Å². The Morgan fingerprint density at radius 2 is 1.72 bits per heavy atom. The van der Waals surface area contributed by atoms with Gasteiger partial charge in [0.25, 0.3) is 0 Å². The van der Waals surface area contributed by atoms with Crippen LogP contribution in [0.3, 0.4) is 0 Å². The van der Waals surface area contributed by atoms with Gasteiger partial charge in [0.05, 0.1) is 12.2 Å². The van der Waals surface area contributed by atoms with Crippen LogP contribution in [-0.2, 0) is 14.6 Å². The summed E-state index contributed by atoms with van der Waals surface area (Å²) in [6.45, 7) is 3.86. The number of sulfone groups is 1. The molecule has 1 amide bonds. The number of rotatable bonds is 6. The molecule has 134 valence electrons. The van der Waals surface area contributed by atoms with Gasteiger partial charge in [-0.1, -0.05) is 38.1 Å². The second-order valence-corrected chi connectivity index (χ2v) is 8.02. The van der Waals surface area contributed by atoms with Gasteiger partial charge in [0.2, 0.25) is 5.91 Å². The molecule has 0 aliphatic rings. The number of para-hydroxylation sites is 1. The molecule has 0 aliphatic heterocycles. The fourth-order valence-corrected chi connectivity index (χ4v) is 3.18. The maximum Gasteiger partial charge on any atom is 0.243 e. The lowest BCUT2D eigenvalue weighted by atomic mass is 10.0. The third-order valence-electron chi connectivity index (χ3n) is 3.66. The molecular weight excluding hydrogens is 343 g/mol. The molecule has 0 spiro atoms. The average Bonchev–Trinajstić information content (AvgIpc) is 2.53. The Hall–Kier alpha value is -2.41. The summed E-state index contributed by atoms with van der Waals surface area (Å²) < 4.78 is 37.3. The Morgan fingerprint density at radius 3 is 2.36 bits per heavy atom. The van der Waals surface area contributed by atoms with Crippen molar-refractivity contribution in [2.24, 2.45) is 0 Å². The molecule has 0 saturated carbocycles. The van der Waals surface area contributed by atoms with E-state index in [0.29, 0.717) is 5.69 Å². The quantitative estimate of drug-likeness (QED) is 0.824. The van der Waals surface area contributed by atoms with Gasteiger partial charge >= 0.3 is 0 Å². The first kappa shape index (κ1) is 18.9. The zero-order valence-electron chi connectivity index (χ0n) is 14.3. The minimum absolute atomic E-state index is 0.0322. The average molecular weight is 364 g/mol. The Morgan fingerprint density at radius 1 is 1.08 bits per heavy atom. The molecule has 7 heteroatoms. The Kier molecular flexibility index (Phi) is 5.79. The van der Waals surface area contributed by atoms with Gasteiger partial charge in [-0.3, -0.25) is 4.79 Å². The molecule has 0 heterocycles. The molecule has 0 bridgehead atoms. The van der Waals surface area contributed by atoms with Crippen LogP contribution in [0.15, 0.2) is 47.4 Å². The number of benzene rings is 2. The normalized spacial score (nSPS) is 11.4. The molecule has 0 unspecified atom stereocenters. The number of carbonyl (C=O) groups is 1. The van der Waals surface area contributed by atoms with Crippen molar-refractivity contribution in [1.82, 2.24) is 0 Å². The van der Waals surface area contributed by atoms with Crippen LogP contribution in [0.25, 0.3) is 0 Å². The van der Waals surface area contributed by atoms with E-state index in [4.69, 9.17) is 0 Å². The summed E-state index contributed by atoms with van der Waals surface area (Å²) in [6, 6.07) is 11.5. The third-order valence-corrected chi connectivity index (χ3v) is 4.77. The molecule has 0 aliphatic carbocycles. The van der Waals surface area contributed by atoms with Gasteiger partial charge in [-0.25, -0.2) is 12.8 Å². The molecule has 0 saturated heterocycles. The van der Waals surface area contributed by atoms with E-state index in [1.54, 1.807) is 6.07 Å². The van der Waals surface area contributed by atoms with E-state index in [2.05, 4.69) is 10.6 Å². The summed E-state index contributed by atoms with van der Waals surface area (Å²) in [5.41, 5.74) is 1.67. The summed E-state index contributed by atoms with van der Waals surface area (Å²) in [5, 5.41) is 5.43. The third kappa shape index (κ3) is 4.79. The van der Waals surface area contributed by atoms with Crippen LogP contribution in [0.1, 0.15) is 25.3 Å². The number of amides is 1. The van der Waals surface area contributed by atoms with E-state index in [-0.39, 0.29) is 24.1 Å². The predicted octanol–water partition coefficient (Wildman–Crippen LogP) is 3.40. The topological polar surface area (TPSA) is 75.3 Å². The van der Waals surface area contributed by atoms with Gasteiger partial charge in [0.15, 0.2) is 15.7 Å². The summed E-state index contributed by atoms with van der Waals surface area (Å²) >= 11 is 0. The van der Waals surface area contributed by atoms with Crippen molar-refractivity contribution in [3.63, 3.8) is 0 Å².